The van der Waals surface area contributed by atoms with Crippen LogP contribution in [0.4, 0.5) is 14.9 Å². The maximum absolute atomic E-state index is 13.8. The van der Waals surface area contributed by atoms with Crippen molar-refractivity contribution in [3.63, 3.8) is 0 Å². The van der Waals surface area contributed by atoms with E-state index in [4.69, 9.17) is 0 Å². The Hall–Kier alpha value is -2.96. The first-order valence-electron chi connectivity index (χ1n) is 11.0. The predicted octanol–water partition coefficient (Wildman–Crippen LogP) is 4.35. The van der Waals surface area contributed by atoms with Gasteiger partial charge >= 0.3 is 6.03 Å². The van der Waals surface area contributed by atoms with Crippen LogP contribution in [0.25, 0.3) is 0 Å². The Labute approximate surface area is 182 Å². The van der Waals surface area contributed by atoms with Gasteiger partial charge in [-0.15, -0.1) is 0 Å². The number of nitrogens with zero attached hydrogens (tertiary/aromatic N) is 3. The molecular weight excluding hydrogens is 395 g/mol. The zero-order chi connectivity index (χ0) is 21.8. The van der Waals surface area contributed by atoms with Crippen molar-refractivity contribution < 1.29 is 14.0 Å². The summed E-state index contributed by atoms with van der Waals surface area (Å²) in [6.07, 6.45) is 8.19. The molecule has 6 nitrogen and oxygen atoms in total. The van der Waals surface area contributed by atoms with Gasteiger partial charge in [-0.05, 0) is 56.4 Å². The zero-order valence-electron chi connectivity index (χ0n) is 17.9. The number of likely N-dealkylation sites (tertiary alicyclic amines) is 1. The molecule has 3 amide bonds. The Balaban J connectivity index is 1.47. The fraction of sp³-hybridized carbons (Fsp3) is 0.458. The number of anilines is 1. The van der Waals surface area contributed by atoms with Gasteiger partial charge in [0.15, 0.2) is 0 Å². The van der Waals surface area contributed by atoms with Crippen LogP contribution in [-0.2, 0) is 11.3 Å². The summed E-state index contributed by atoms with van der Waals surface area (Å²) in [5, 5.41) is 2.84. The van der Waals surface area contributed by atoms with E-state index in [2.05, 4.69) is 10.3 Å². The minimum atomic E-state index is -0.344. The number of rotatable bonds is 5. The average Bonchev–Trinajstić information content (AvgIpc) is 2.75. The fourth-order valence-corrected chi connectivity index (χ4v) is 4.30. The number of aromatic nitrogens is 1. The van der Waals surface area contributed by atoms with E-state index in [9.17, 15) is 14.0 Å². The van der Waals surface area contributed by atoms with E-state index in [0.29, 0.717) is 30.9 Å². The van der Waals surface area contributed by atoms with Gasteiger partial charge in [-0.2, -0.15) is 0 Å². The lowest BCUT2D eigenvalue weighted by molar-refractivity contribution is -0.142. The number of hydrogen-bond donors (Lipinski definition) is 1. The van der Waals surface area contributed by atoms with E-state index in [1.165, 1.54) is 6.07 Å². The summed E-state index contributed by atoms with van der Waals surface area (Å²) in [4.78, 5) is 34.0. The molecule has 31 heavy (non-hydrogen) atoms. The third kappa shape index (κ3) is 4.86. The van der Waals surface area contributed by atoms with Crippen molar-refractivity contribution in [3.8, 4) is 0 Å². The zero-order valence-corrected chi connectivity index (χ0v) is 17.9. The number of piperidine rings is 1. The van der Waals surface area contributed by atoms with Crippen LogP contribution >= 0.6 is 0 Å². The lowest BCUT2D eigenvalue weighted by atomic mass is 9.83. The number of benzene rings is 1. The third-order valence-electron chi connectivity index (χ3n) is 6.45. The van der Waals surface area contributed by atoms with Crippen molar-refractivity contribution >= 4 is 17.6 Å². The molecule has 2 aliphatic rings. The van der Waals surface area contributed by atoms with Gasteiger partial charge in [0, 0.05) is 55.2 Å². The van der Waals surface area contributed by atoms with Gasteiger partial charge in [0.1, 0.15) is 5.82 Å². The maximum atomic E-state index is 13.8. The molecule has 1 aromatic carbocycles. The van der Waals surface area contributed by atoms with Crippen molar-refractivity contribution in [2.75, 3.05) is 18.4 Å². The minimum absolute atomic E-state index is 0.0404. The molecule has 2 aromatic rings. The molecule has 0 spiro atoms. The highest BCUT2D eigenvalue weighted by molar-refractivity contribution is 5.90. The van der Waals surface area contributed by atoms with Crippen molar-refractivity contribution in [2.24, 2.45) is 5.92 Å². The first-order valence-corrected chi connectivity index (χ1v) is 11.0. The highest BCUT2D eigenvalue weighted by Gasteiger charge is 2.36. The summed E-state index contributed by atoms with van der Waals surface area (Å²) in [5.41, 5.74) is 1.89. The molecule has 1 aliphatic carbocycles. The lowest BCUT2D eigenvalue weighted by Gasteiger charge is -2.42. The summed E-state index contributed by atoms with van der Waals surface area (Å²) < 4.78 is 13.8. The number of carbonyl (C=O) groups is 2. The number of halogens is 1. The van der Waals surface area contributed by atoms with Gasteiger partial charge in [0.2, 0.25) is 5.91 Å². The number of carbonyl (C=O) groups excluding carboxylic acids is 2. The van der Waals surface area contributed by atoms with Crippen LogP contribution in [0.5, 0.6) is 0 Å². The van der Waals surface area contributed by atoms with Gasteiger partial charge < -0.3 is 15.1 Å². The molecule has 164 valence electrons. The molecule has 1 aliphatic heterocycles. The monoisotopic (exact) mass is 424 g/mol. The predicted molar refractivity (Wildman–Crippen MR) is 117 cm³/mol. The second-order valence-corrected chi connectivity index (χ2v) is 8.54. The van der Waals surface area contributed by atoms with Gasteiger partial charge in [-0.25, -0.2) is 9.18 Å². The molecule has 1 atom stereocenters. The summed E-state index contributed by atoms with van der Waals surface area (Å²) >= 11 is 0. The molecule has 2 heterocycles. The molecule has 1 N–H and O–H groups in total. The maximum Gasteiger partial charge on any atom is 0.321 e. The highest BCUT2D eigenvalue weighted by atomic mass is 19.1. The lowest BCUT2D eigenvalue weighted by Crippen LogP contribution is -2.54. The van der Waals surface area contributed by atoms with Crippen LogP contribution < -0.4 is 5.32 Å². The Morgan fingerprint density at radius 2 is 2.03 bits per heavy atom. The first kappa shape index (κ1) is 21.3. The summed E-state index contributed by atoms with van der Waals surface area (Å²) in [6, 6.07) is 8.23. The average molecular weight is 425 g/mol. The molecular formula is C24H29FN4O2. The molecule has 7 heteroatoms. The number of urea groups is 1. The van der Waals surface area contributed by atoms with E-state index in [0.717, 1.165) is 37.7 Å². The van der Waals surface area contributed by atoms with Crippen molar-refractivity contribution in [1.29, 1.82) is 0 Å². The van der Waals surface area contributed by atoms with Crippen LogP contribution in [0.2, 0.25) is 0 Å². The Morgan fingerprint density at radius 1 is 1.19 bits per heavy atom. The molecule has 1 unspecified atom stereocenters. The molecule has 4 rings (SSSR count). The fourth-order valence-electron chi connectivity index (χ4n) is 4.30. The second kappa shape index (κ2) is 9.45. The molecule has 1 saturated heterocycles. The molecule has 0 bridgehead atoms. The highest BCUT2D eigenvalue weighted by Crippen LogP contribution is 2.31. The van der Waals surface area contributed by atoms with Crippen LogP contribution in [0.15, 0.2) is 42.7 Å². The van der Waals surface area contributed by atoms with Crippen LogP contribution in [0, 0.1) is 18.7 Å². The second-order valence-electron chi connectivity index (χ2n) is 8.54. The standard InChI is InChI=1S/C24H29FN4O2/c1-17-21(25)10-3-11-22(17)27-24(31)28-13-5-9-20(16-28)29(23(30)19-7-2-8-19)15-18-6-4-12-26-14-18/h3-4,6,10-12,14,19-20H,2,5,7-9,13,15-16H2,1H3,(H,27,31). The molecule has 1 saturated carbocycles. The summed E-state index contributed by atoms with van der Waals surface area (Å²) in [5.74, 6) is -0.0674. The van der Waals surface area contributed by atoms with E-state index < -0.39 is 0 Å². The van der Waals surface area contributed by atoms with Gasteiger partial charge in [0.25, 0.3) is 0 Å². The molecule has 2 fully saturated rings. The molecule has 0 radical (unpaired) electrons. The van der Waals surface area contributed by atoms with Gasteiger partial charge in [-0.1, -0.05) is 18.6 Å². The first-order chi connectivity index (χ1) is 15.0. The largest absolute Gasteiger partial charge is 0.333 e. The third-order valence-corrected chi connectivity index (χ3v) is 6.45. The van der Waals surface area contributed by atoms with E-state index in [1.54, 1.807) is 36.4 Å². The van der Waals surface area contributed by atoms with Gasteiger partial charge in [-0.3, -0.25) is 9.78 Å². The summed E-state index contributed by atoms with van der Waals surface area (Å²) in [7, 11) is 0. The van der Waals surface area contributed by atoms with Gasteiger partial charge in [0.05, 0.1) is 0 Å². The number of pyridine rings is 1. The van der Waals surface area contributed by atoms with E-state index >= 15 is 0 Å². The number of hydrogen-bond acceptors (Lipinski definition) is 3. The number of amides is 3. The normalized spacial score (nSPS) is 18.9. The molecule has 1 aromatic heterocycles. The smallest absolute Gasteiger partial charge is 0.321 e. The Kier molecular flexibility index (Phi) is 6.49. The van der Waals surface area contributed by atoms with Crippen LogP contribution in [0.3, 0.4) is 0 Å². The quantitative estimate of drug-likeness (QED) is 0.776. The van der Waals surface area contributed by atoms with Crippen molar-refractivity contribution in [3.05, 3.63) is 59.7 Å². The van der Waals surface area contributed by atoms with Crippen molar-refractivity contribution in [2.45, 2.75) is 51.6 Å². The summed E-state index contributed by atoms with van der Waals surface area (Å²) in [6.45, 7) is 3.25. The Morgan fingerprint density at radius 3 is 2.74 bits per heavy atom. The minimum Gasteiger partial charge on any atom is -0.333 e. The van der Waals surface area contributed by atoms with Crippen molar-refractivity contribution in [1.82, 2.24) is 14.8 Å². The van der Waals surface area contributed by atoms with E-state index in [1.807, 2.05) is 17.0 Å². The SMILES string of the molecule is Cc1c(F)cccc1NC(=O)N1CCCC(N(Cc2cccnc2)C(=O)C2CCC2)C1. The van der Waals surface area contributed by atoms with Crippen LogP contribution in [-0.4, -0.2) is 45.9 Å². The van der Waals surface area contributed by atoms with Crippen LogP contribution in [0.1, 0.15) is 43.2 Å². The van der Waals surface area contributed by atoms with E-state index in [-0.39, 0.29) is 29.7 Å². The Bertz CT molecular complexity index is 932. The topological polar surface area (TPSA) is 65.5 Å². The number of nitrogens with one attached hydrogen (secondary N) is 1.